The highest BCUT2D eigenvalue weighted by Gasteiger charge is 2.44. The summed E-state index contributed by atoms with van der Waals surface area (Å²) in [5.41, 5.74) is 2.24. The zero-order valence-electron chi connectivity index (χ0n) is 22.8. The fourth-order valence-electron chi connectivity index (χ4n) is 5.43. The molecule has 0 saturated carbocycles. The number of ether oxygens (including phenoxy) is 1. The first-order valence-electron chi connectivity index (χ1n) is 12.9. The quantitative estimate of drug-likeness (QED) is 0.348. The summed E-state index contributed by atoms with van der Waals surface area (Å²) in [6.45, 7) is 0.0359. The zero-order valence-corrected chi connectivity index (χ0v) is 20.6. The van der Waals surface area contributed by atoms with Crippen LogP contribution in [0.25, 0.3) is 22.2 Å². The van der Waals surface area contributed by atoms with E-state index in [0.29, 0.717) is 33.7 Å². The average Bonchev–Trinajstić information content (AvgIpc) is 3.36. The molecule has 6 nitrogen and oxygen atoms in total. The van der Waals surface area contributed by atoms with Gasteiger partial charge in [0.1, 0.15) is 30.4 Å². The van der Waals surface area contributed by atoms with E-state index in [4.69, 9.17) is 13.8 Å². The van der Waals surface area contributed by atoms with Gasteiger partial charge in [0.05, 0.1) is 30.2 Å². The molecular formula is C27H24F2N3O3P. The summed E-state index contributed by atoms with van der Waals surface area (Å²) in [5, 5.41) is -0.154. The number of nitrogens with zero attached hydrogens (tertiary/aromatic N) is 3. The van der Waals surface area contributed by atoms with Crippen LogP contribution in [0.4, 0.5) is 8.78 Å². The molecule has 3 heterocycles. The normalized spacial score (nSPS) is 20.4. The van der Waals surface area contributed by atoms with Gasteiger partial charge in [0.15, 0.2) is 0 Å². The van der Waals surface area contributed by atoms with E-state index in [9.17, 15) is 13.8 Å². The molecule has 6 rings (SSSR count). The molecule has 0 radical (unpaired) electrons. The molecule has 0 aliphatic carbocycles. The predicted molar refractivity (Wildman–Crippen MR) is 135 cm³/mol. The van der Waals surface area contributed by atoms with Crippen LogP contribution in [-0.4, -0.2) is 47.8 Å². The first kappa shape index (κ1) is 19.7. The summed E-state index contributed by atoms with van der Waals surface area (Å²) < 4.78 is 74.4. The van der Waals surface area contributed by atoms with Gasteiger partial charge in [-0.25, -0.2) is 13.8 Å². The second kappa shape index (κ2) is 7.74. The summed E-state index contributed by atoms with van der Waals surface area (Å²) in [5.74, 6) is -1.26. The van der Waals surface area contributed by atoms with Crippen LogP contribution in [0.5, 0.6) is 5.75 Å². The minimum atomic E-state index is -3.03. The van der Waals surface area contributed by atoms with Gasteiger partial charge in [-0.05, 0) is 55.3 Å². The Hall–Kier alpha value is -3.51. The number of imidazole rings is 1. The zero-order chi connectivity index (χ0) is 28.0. The third-order valence-electron chi connectivity index (χ3n) is 7.08. The molecule has 36 heavy (non-hydrogen) atoms. The number of hydrogen-bond acceptors (Lipinski definition) is 4. The number of aromatic nitrogens is 2. The number of methoxy groups -OCH3 is 1. The molecule has 1 aromatic heterocycles. The largest absolute Gasteiger partial charge is 0.496 e. The molecule has 2 aliphatic heterocycles. The van der Waals surface area contributed by atoms with Crippen LogP contribution in [0.15, 0.2) is 48.5 Å². The van der Waals surface area contributed by atoms with Crippen molar-refractivity contribution in [2.45, 2.75) is 18.5 Å². The molecule has 2 aliphatic rings. The lowest BCUT2D eigenvalue weighted by molar-refractivity contribution is 0.0734. The van der Waals surface area contributed by atoms with Gasteiger partial charge in [0, 0.05) is 39.5 Å². The van der Waals surface area contributed by atoms with Crippen molar-refractivity contribution in [1.29, 1.82) is 0 Å². The number of benzene rings is 3. The number of carbonyl (C=O) groups excluding carboxylic acids is 1. The van der Waals surface area contributed by atoms with Gasteiger partial charge in [-0.15, -0.1) is 0 Å². The lowest BCUT2D eigenvalue weighted by atomic mass is 9.97. The Morgan fingerprint density at radius 2 is 1.89 bits per heavy atom. The fraction of sp³-hybridized carbons (Fsp3) is 0.259. The van der Waals surface area contributed by atoms with E-state index >= 15 is 4.39 Å². The van der Waals surface area contributed by atoms with Gasteiger partial charge in [0.2, 0.25) is 0 Å². The second-order valence-corrected chi connectivity index (χ2v) is 12.7. The van der Waals surface area contributed by atoms with Crippen LogP contribution in [0.3, 0.4) is 0 Å². The van der Waals surface area contributed by atoms with Crippen LogP contribution in [-0.2, 0) is 4.57 Å². The summed E-state index contributed by atoms with van der Waals surface area (Å²) in [6.07, 6.45) is 0.264. The van der Waals surface area contributed by atoms with Crippen molar-refractivity contribution in [3.63, 3.8) is 0 Å². The summed E-state index contributed by atoms with van der Waals surface area (Å²) in [7, 11) is -1.55. The van der Waals surface area contributed by atoms with E-state index in [0.717, 1.165) is 17.0 Å². The first-order chi connectivity index (χ1) is 18.3. The fourth-order valence-corrected chi connectivity index (χ4v) is 6.43. The molecule has 0 saturated heterocycles. The molecule has 1 amide bonds. The van der Waals surface area contributed by atoms with Gasteiger partial charge in [0.25, 0.3) is 5.91 Å². The number of amides is 1. The van der Waals surface area contributed by atoms with Gasteiger partial charge in [-0.2, -0.15) is 0 Å². The SMILES string of the molecule is [2H]C([2H])([2H])N1C(=O)c2cccc(OC)c2[C@H]2C[C@@H]1c1nc3ccc(-c4cc(F)c(P(C)(C)=O)cc4F)cc3n12. The first-order valence-corrected chi connectivity index (χ1v) is 14.0. The van der Waals surface area contributed by atoms with Crippen LogP contribution < -0.4 is 10.0 Å². The average molecular weight is 510 g/mol. The third kappa shape index (κ3) is 3.17. The van der Waals surface area contributed by atoms with Crippen molar-refractivity contribution in [1.82, 2.24) is 14.5 Å². The molecule has 184 valence electrons. The standard InChI is InChI=1S/C27H24F2N3O3P/c1-31-22-13-21(25-15(27(31)33)6-5-7-23(25)35-2)32-20-10-14(8-9-19(20)30-26(22)32)16-11-18(29)24(12-17(16)28)36(3,4)34/h5-12,21-22H,13H2,1-4H3/t21-,22-/m1/s1/i1D3. The minimum Gasteiger partial charge on any atom is -0.496 e. The monoisotopic (exact) mass is 510 g/mol. The van der Waals surface area contributed by atoms with Crippen LogP contribution in [0, 0.1) is 11.6 Å². The van der Waals surface area contributed by atoms with E-state index in [1.807, 2.05) is 4.57 Å². The smallest absolute Gasteiger partial charge is 0.254 e. The predicted octanol–water partition coefficient (Wildman–Crippen LogP) is 5.36. The highest BCUT2D eigenvalue weighted by Crippen LogP contribution is 2.50. The van der Waals surface area contributed by atoms with Gasteiger partial charge in [-0.1, -0.05) is 12.1 Å². The lowest BCUT2D eigenvalue weighted by Gasteiger charge is -2.24. The molecule has 0 fully saturated rings. The maximum atomic E-state index is 15.2. The summed E-state index contributed by atoms with van der Waals surface area (Å²) in [4.78, 5) is 19.1. The molecular weight excluding hydrogens is 483 g/mol. The van der Waals surface area contributed by atoms with Crippen LogP contribution >= 0.6 is 7.14 Å². The molecule has 4 aromatic rings. The van der Waals surface area contributed by atoms with Crippen LogP contribution in [0.1, 0.15) is 44.4 Å². The molecule has 2 bridgehead atoms. The van der Waals surface area contributed by atoms with Crippen molar-refractivity contribution < 1.29 is 27.0 Å². The van der Waals surface area contributed by atoms with E-state index in [1.54, 1.807) is 36.4 Å². The second-order valence-electron chi connectivity index (χ2n) is 9.54. The van der Waals surface area contributed by atoms with Crippen molar-refractivity contribution >= 4 is 29.4 Å². The number of hydrogen-bond donors (Lipinski definition) is 0. The number of carbonyl (C=O) groups is 1. The Morgan fingerprint density at radius 3 is 2.61 bits per heavy atom. The highest BCUT2D eigenvalue weighted by molar-refractivity contribution is 7.70. The molecule has 9 heteroatoms. The molecule has 3 aromatic carbocycles. The Bertz CT molecular complexity index is 1750. The molecule has 0 N–H and O–H groups in total. The number of halogens is 2. The Kier molecular flexibility index (Phi) is 4.23. The van der Waals surface area contributed by atoms with Crippen molar-refractivity contribution in [2.24, 2.45) is 0 Å². The maximum Gasteiger partial charge on any atom is 0.254 e. The summed E-state index contributed by atoms with van der Waals surface area (Å²) in [6, 6.07) is 10.6. The topological polar surface area (TPSA) is 64.4 Å². The van der Waals surface area contributed by atoms with Crippen molar-refractivity contribution in [3.05, 3.63) is 77.1 Å². The molecule has 0 unspecified atom stereocenters. The lowest BCUT2D eigenvalue weighted by Crippen LogP contribution is -2.30. The third-order valence-corrected chi connectivity index (χ3v) is 8.58. The van der Waals surface area contributed by atoms with E-state index in [-0.39, 0.29) is 22.9 Å². The number of fused-ring (bicyclic) bond motifs is 9. The van der Waals surface area contributed by atoms with E-state index in [1.165, 1.54) is 20.4 Å². The van der Waals surface area contributed by atoms with Gasteiger partial charge in [-0.3, -0.25) is 4.79 Å². The summed E-state index contributed by atoms with van der Waals surface area (Å²) >= 11 is 0. The molecule has 0 spiro atoms. The van der Waals surface area contributed by atoms with Gasteiger partial charge < -0.3 is 18.8 Å². The Labute approximate surface area is 211 Å². The van der Waals surface area contributed by atoms with Crippen molar-refractivity contribution in [3.8, 4) is 16.9 Å². The maximum absolute atomic E-state index is 15.2. The van der Waals surface area contributed by atoms with E-state index in [2.05, 4.69) is 0 Å². The Morgan fingerprint density at radius 1 is 1.08 bits per heavy atom. The highest BCUT2D eigenvalue weighted by atomic mass is 31.2. The number of rotatable bonds is 3. The van der Waals surface area contributed by atoms with Crippen LogP contribution in [0.2, 0.25) is 0 Å². The molecule has 2 atom stereocenters. The van der Waals surface area contributed by atoms with Crippen molar-refractivity contribution in [2.75, 3.05) is 27.4 Å². The van der Waals surface area contributed by atoms with E-state index < -0.39 is 43.7 Å². The minimum absolute atomic E-state index is 0.00221. The Balaban J connectivity index is 1.60. The van der Waals surface area contributed by atoms with Gasteiger partial charge >= 0.3 is 0 Å².